The van der Waals surface area contributed by atoms with Crippen molar-refractivity contribution in [1.29, 1.82) is 0 Å². The van der Waals surface area contributed by atoms with E-state index in [0.717, 1.165) is 27.9 Å². The molecule has 0 spiro atoms. The second kappa shape index (κ2) is 5.98. The van der Waals surface area contributed by atoms with Gasteiger partial charge < -0.3 is 4.52 Å². The zero-order valence-electron chi connectivity index (χ0n) is 13.0. The first-order chi connectivity index (χ1) is 11.8. The van der Waals surface area contributed by atoms with Crippen LogP contribution in [0, 0.1) is 18.8 Å². The van der Waals surface area contributed by atoms with Crippen LogP contribution in [0.4, 0.5) is 0 Å². The van der Waals surface area contributed by atoms with Gasteiger partial charge in [0.1, 0.15) is 17.1 Å². The first-order valence-electron chi connectivity index (χ1n) is 7.57. The highest BCUT2D eigenvalue weighted by Crippen LogP contribution is 2.24. The molecule has 2 aromatic heterocycles. The maximum absolute atomic E-state index is 5.32. The van der Waals surface area contributed by atoms with E-state index in [1.54, 1.807) is 6.20 Å². The Hall–Kier alpha value is -3.45. The van der Waals surface area contributed by atoms with Gasteiger partial charge in [0.2, 0.25) is 0 Å². The average Bonchev–Trinajstić information content (AvgIpc) is 3.01. The van der Waals surface area contributed by atoms with Gasteiger partial charge in [0.05, 0.1) is 22.8 Å². The molecule has 4 rings (SSSR count). The Morgan fingerprint density at radius 3 is 2.46 bits per heavy atom. The Labute approximate surface area is 139 Å². The van der Waals surface area contributed by atoms with Crippen LogP contribution in [0.15, 0.2) is 65.3 Å². The molecule has 0 atom stereocenters. The minimum Gasteiger partial charge on any atom is -0.360 e. The van der Waals surface area contributed by atoms with Crippen molar-refractivity contribution in [2.45, 2.75) is 6.92 Å². The van der Waals surface area contributed by atoms with Gasteiger partial charge in [0.25, 0.3) is 0 Å². The monoisotopic (exact) mass is 311 g/mol. The zero-order valence-corrected chi connectivity index (χ0v) is 13.0. The molecule has 0 fully saturated rings. The smallest absolute Gasteiger partial charge is 0.149 e. The van der Waals surface area contributed by atoms with Crippen LogP contribution in [0.5, 0.6) is 0 Å². The van der Waals surface area contributed by atoms with Crippen molar-refractivity contribution in [2.75, 3.05) is 0 Å². The summed E-state index contributed by atoms with van der Waals surface area (Å²) in [5.74, 6) is 6.89. The summed E-state index contributed by atoms with van der Waals surface area (Å²) < 4.78 is 5.32. The van der Waals surface area contributed by atoms with Crippen molar-refractivity contribution in [3.8, 4) is 23.1 Å². The molecule has 0 aliphatic carbocycles. The largest absolute Gasteiger partial charge is 0.360 e. The third-order valence-electron chi connectivity index (χ3n) is 3.67. The molecule has 0 aliphatic rings. The molecule has 4 aromatic rings. The molecule has 0 amide bonds. The molecule has 0 aliphatic heterocycles. The summed E-state index contributed by atoms with van der Waals surface area (Å²) in [7, 11) is 0. The molecule has 2 aromatic carbocycles. The van der Waals surface area contributed by atoms with Gasteiger partial charge in [0.15, 0.2) is 0 Å². The first kappa shape index (κ1) is 14.2. The molecule has 4 heteroatoms. The van der Waals surface area contributed by atoms with Gasteiger partial charge in [-0.1, -0.05) is 53.5 Å². The number of nitrogens with zero attached hydrogens (tertiary/aromatic N) is 3. The molecule has 4 nitrogen and oxygen atoms in total. The fourth-order valence-electron chi connectivity index (χ4n) is 2.46. The highest BCUT2D eigenvalue weighted by Gasteiger charge is 2.12. The Morgan fingerprint density at radius 1 is 0.875 bits per heavy atom. The lowest BCUT2D eigenvalue weighted by Gasteiger charge is -1.97. The van der Waals surface area contributed by atoms with Crippen LogP contribution in [0.3, 0.4) is 0 Å². The second-order valence-electron chi connectivity index (χ2n) is 5.32. The van der Waals surface area contributed by atoms with Crippen LogP contribution in [-0.4, -0.2) is 15.1 Å². The summed E-state index contributed by atoms with van der Waals surface area (Å²) in [6.07, 6.45) is 1.68. The first-order valence-corrected chi connectivity index (χ1v) is 7.57. The van der Waals surface area contributed by atoms with E-state index in [9.17, 15) is 0 Å². The number of fused-ring (bicyclic) bond motifs is 1. The predicted octanol–water partition coefficient (Wildman–Crippen LogP) is 3.99. The molecular weight excluding hydrogens is 298 g/mol. The molecule has 0 saturated heterocycles. The van der Waals surface area contributed by atoms with E-state index in [-0.39, 0.29) is 0 Å². The quantitative estimate of drug-likeness (QED) is 0.499. The molecule has 2 heterocycles. The average molecular weight is 311 g/mol. The second-order valence-corrected chi connectivity index (χ2v) is 5.32. The van der Waals surface area contributed by atoms with E-state index >= 15 is 0 Å². The van der Waals surface area contributed by atoms with Crippen LogP contribution < -0.4 is 0 Å². The summed E-state index contributed by atoms with van der Waals surface area (Å²) >= 11 is 0. The molecule has 0 N–H and O–H groups in total. The Morgan fingerprint density at radius 2 is 1.62 bits per heavy atom. The van der Waals surface area contributed by atoms with Gasteiger partial charge in [0, 0.05) is 5.56 Å². The van der Waals surface area contributed by atoms with E-state index in [0.29, 0.717) is 11.5 Å². The number of aryl methyl sites for hydroxylation is 1. The molecule has 0 radical (unpaired) electrons. The summed E-state index contributed by atoms with van der Waals surface area (Å²) in [5.41, 5.74) is 4.80. The Kier molecular flexibility index (Phi) is 3.53. The van der Waals surface area contributed by atoms with Crippen molar-refractivity contribution in [2.24, 2.45) is 0 Å². The fraction of sp³-hybridized carbons (Fsp3) is 0.0500. The van der Waals surface area contributed by atoms with Crippen molar-refractivity contribution in [3.63, 3.8) is 0 Å². The van der Waals surface area contributed by atoms with Gasteiger partial charge >= 0.3 is 0 Å². The van der Waals surface area contributed by atoms with Crippen LogP contribution >= 0.6 is 0 Å². The van der Waals surface area contributed by atoms with Gasteiger partial charge in [-0.15, -0.1) is 0 Å². The zero-order chi connectivity index (χ0) is 16.4. The standard InChI is InChI=1S/C20H13N3O/c1-14-17(20(23-24-14)15-7-3-2-4-8-15)12-11-16-13-21-18-9-5-6-10-19(18)22-16/h2-10,13H,1H3. The van der Waals surface area contributed by atoms with E-state index in [1.807, 2.05) is 61.5 Å². The predicted molar refractivity (Wildman–Crippen MR) is 92.2 cm³/mol. The number of benzene rings is 2. The molecular formula is C20H13N3O. The molecule has 24 heavy (non-hydrogen) atoms. The van der Waals surface area contributed by atoms with Crippen LogP contribution in [0.2, 0.25) is 0 Å². The van der Waals surface area contributed by atoms with E-state index in [4.69, 9.17) is 4.52 Å². The molecule has 0 bridgehead atoms. The lowest BCUT2D eigenvalue weighted by Crippen LogP contribution is -1.88. The number of hydrogen-bond donors (Lipinski definition) is 0. The summed E-state index contributed by atoms with van der Waals surface area (Å²) in [6, 6.07) is 17.6. The summed E-state index contributed by atoms with van der Waals surface area (Å²) in [6.45, 7) is 1.86. The van der Waals surface area contributed by atoms with Crippen molar-refractivity contribution >= 4 is 11.0 Å². The summed E-state index contributed by atoms with van der Waals surface area (Å²) in [5, 5.41) is 4.13. The minimum atomic E-state index is 0.619. The van der Waals surface area contributed by atoms with Crippen LogP contribution in [0.1, 0.15) is 17.0 Å². The topological polar surface area (TPSA) is 51.8 Å². The van der Waals surface area contributed by atoms with Crippen molar-refractivity contribution < 1.29 is 4.52 Å². The van der Waals surface area contributed by atoms with Crippen molar-refractivity contribution in [1.82, 2.24) is 15.1 Å². The maximum atomic E-state index is 5.32. The highest BCUT2D eigenvalue weighted by atomic mass is 16.5. The number of hydrogen-bond acceptors (Lipinski definition) is 4. The fourth-order valence-corrected chi connectivity index (χ4v) is 2.46. The van der Waals surface area contributed by atoms with E-state index in [2.05, 4.69) is 27.0 Å². The Balaban J connectivity index is 1.76. The van der Waals surface area contributed by atoms with Gasteiger partial charge in [-0.05, 0) is 25.0 Å². The third-order valence-corrected chi connectivity index (χ3v) is 3.67. The normalized spacial score (nSPS) is 10.4. The molecule has 114 valence electrons. The van der Waals surface area contributed by atoms with Gasteiger partial charge in [-0.25, -0.2) is 4.98 Å². The lowest BCUT2D eigenvalue weighted by atomic mass is 10.1. The Bertz CT molecular complexity index is 1070. The maximum Gasteiger partial charge on any atom is 0.149 e. The summed E-state index contributed by atoms with van der Waals surface area (Å²) in [4.78, 5) is 8.90. The van der Waals surface area contributed by atoms with E-state index in [1.165, 1.54) is 0 Å². The number of para-hydroxylation sites is 2. The number of aromatic nitrogens is 3. The SMILES string of the molecule is Cc1onc(-c2ccccc2)c1C#Cc1cnc2ccccc2n1. The lowest BCUT2D eigenvalue weighted by molar-refractivity contribution is 0.399. The van der Waals surface area contributed by atoms with Crippen molar-refractivity contribution in [3.05, 3.63) is 77.8 Å². The number of rotatable bonds is 1. The minimum absolute atomic E-state index is 0.619. The van der Waals surface area contributed by atoms with Crippen LogP contribution in [0.25, 0.3) is 22.3 Å². The van der Waals surface area contributed by atoms with Gasteiger partial charge in [-0.2, -0.15) is 0 Å². The van der Waals surface area contributed by atoms with Gasteiger partial charge in [-0.3, -0.25) is 4.98 Å². The highest BCUT2D eigenvalue weighted by molar-refractivity contribution is 5.74. The molecule has 0 unspecified atom stereocenters. The third kappa shape index (κ3) is 2.64. The van der Waals surface area contributed by atoms with Crippen LogP contribution in [-0.2, 0) is 0 Å². The molecule has 0 saturated carbocycles. The van der Waals surface area contributed by atoms with E-state index < -0.39 is 0 Å².